The number of halogens is 2. The lowest BCUT2D eigenvalue weighted by molar-refractivity contribution is 0.199. The summed E-state index contributed by atoms with van der Waals surface area (Å²) in [5.74, 6) is -1.09. The molecule has 0 amide bonds. The van der Waals surface area contributed by atoms with E-state index in [1.807, 2.05) is 6.08 Å². The second kappa shape index (κ2) is 7.92. The predicted molar refractivity (Wildman–Crippen MR) is 64.8 cm³/mol. The third-order valence-electron chi connectivity index (χ3n) is 2.23. The van der Waals surface area contributed by atoms with Crippen LogP contribution in [-0.2, 0) is 4.74 Å². The van der Waals surface area contributed by atoms with Gasteiger partial charge in [0, 0.05) is 25.3 Å². The van der Waals surface area contributed by atoms with Crippen LogP contribution in [0, 0.1) is 11.6 Å². The van der Waals surface area contributed by atoms with Gasteiger partial charge in [-0.15, -0.1) is 0 Å². The number of nitrogens with one attached hydrogen (secondary N) is 1. The van der Waals surface area contributed by atoms with Gasteiger partial charge in [-0.3, -0.25) is 0 Å². The van der Waals surface area contributed by atoms with Crippen molar-refractivity contribution >= 4 is 6.08 Å². The predicted octanol–water partition coefficient (Wildman–Crippen LogP) is 2.60. The Morgan fingerprint density at radius 1 is 1.29 bits per heavy atom. The van der Waals surface area contributed by atoms with Crippen molar-refractivity contribution in [3.63, 3.8) is 0 Å². The number of methoxy groups -OCH3 is 1. The first-order chi connectivity index (χ1) is 8.24. The molecular formula is C13H17F2NO. The zero-order valence-corrected chi connectivity index (χ0v) is 9.88. The van der Waals surface area contributed by atoms with E-state index in [0.717, 1.165) is 25.6 Å². The molecule has 4 heteroatoms. The van der Waals surface area contributed by atoms with E-state index >= 15 is 0 Å². The molecule has 2 nitrogen and oxygen atoms in total. The summed E-state index contributed by atoms with van der Waals surface area (Å²) < 4.78 is 30.7. The molecule has 1 aromatic rings. The molecule has 0 aliphatic heterocycles. The summed E-state index contributed by atoms with van der Waals surface area (Å²) in [6.45, 7) is 2.29. The van der Waals surface area contributed by atoms with Crippen molar-refractivity contribution in [1.82, 2.24) is 5.32 Å². The summed E-state index contributed by atoms with van der Waals surface area (Å²) in [7, 11) is 1.65. The quantitative estimate of drug-likeness (QED) is 0.741. The molecule has 0 aliphatic rings. The lowest BCUT2D eigenvalue weighted by Crippen LogP contribution is -2.19. The highest BCUT2D eigenvalue weighted by Crippen LogP contribution is 2.11. The standard InChI is InChI=1S/C13H17F2NO/c1-17-9-8-16-7-3-2-4-11-5-6-12(14)10-13(11)15/h2,4-6,10,16H,3,7-9H2,1H3. The van der Waals surface area contributed by atoms with Crippen LogP contribution in [0.25, 0.3) is 6.08 Å². The van der Waals surface area contributed by atoms with E-state index in [2.05, 4.69) is 5.32 Å². The van der Waals surface area contributed by atoms with E-state index in [0.29, 0.717) is 12.2 Å². The Morgan fingerprint density at radius 3 is 2.82 bits per heavy atom. The first-order valence-corrected chi connectivity index (χ1v) is 5.55. The minimum atomic E-state index is -0.555. The number of benzene rings is 1. The number of rotatable bonds is 7. The van der Waals surface area contributed by atoms with E-state index in [1.54, 1.807) is 13.2 Å². The average Bonchev–Trinajstić information content (AvgIpc) is 2.30. The second-order valence-electron chi connectivity index (χ2n) is 3.60. The van der Waals surface area contributed by atoms with Crippen molar-refractivity contribution in [3.05, 3.63) is 41.5 Å². The highest BCUT2D eigenvalue weighted by atomic mass is 19.1. The Kier molecular flexibility index (Phi) is 6.43. The van der Waals surface area contributed by atoms with Crippen LogP contribution in [0.5, 0.6) is 0 Å². The normalized spacial score (nSPS) is 11.2. The largest absolute Gasteiger partial charge is 0.383 e. The van der Waals surface area contributed by atoms with Gasteiger partial charge in [-0.1, -0.05) is 12.2 Å². The molecule has 0 heterocycles. The molecule has 1 N–H and O–H groups in total. The van der Waals surface area contributed by atoms with Crippen molar-refractivity contribution in [2.75, 3.05) is 26.8 Å². The van der Waals surface area contributed by atoms with Gasteiger partial charge >= 0.3 is 0 Å². The monoisotopic (exact) mass is 241 g/mol. The molecule has 0 saturated heterocycles. The van der Waals surface area contributed by atoms with Crippen LogP contribution in [0.15, 0.2) is 24.3 Å². The van der Waals surface area contributed by atoms with Crippen LogP contribution >= 0.6 is 0 Å². The minimum absolute atomic E-state index is 0.406. The SMILES string of the molecule is COCCNCCC=Cc1ccc(F)cc1F. The summed E-state index contributed by atoms with van der Waals surface area (Å²) in [5.41, 5.74) is 0.406. The second-order valence-corrected chi connectivity index (χ2v) is 3.60. The molecular weight excluding hydrogens is 224 g/mol. The lowest BCUT2D eigenvalue weighted by atomic mass is 10.2. The fraction of sp³-hybridized carbons (Fsp3) is 0.385. The summed E-state index contributed by atoms with van der Waals surface area (Å²) in [6, 6.07) is 3.57. The van der Waals surface area contributed by atoms with Crippen LogP contribution < -0.4 is 5.32 Å². The Morgan fingerprint density at radius 2 is 2.12 bits per heavy atom. The molecule has 0 bridgehead atoms. The highest BCUT2D eigenvalue weighted by molar-refractivity contribution is 5.49. The molecule has 17 heavy (non-hydrogen) atoms. The van der Waals surface area contributed by atoms with Gasteiger partial charge in [-0.25, -0.2) is 8.78 Å². The fourth-order valence-corrected chi connectivity index (χ4v) is 1.33. The van der Waals surface area contributed by atoms with Crippen molar-refractivity contribution in [3.8, 4) is 0 Å². The molecule has 0 aromatic heterocycles. The molecule has 0 saturated carbocycles. The Balaban J connectivity index is 2.28. The molecule has 0 aliphatic carbocycles. The topological polar surface area (TPSA) is 21.3 Å². The Bertz CT molecular complexity index is 366. The zero-order chi connectivity index (χ0) is 12.5. The summed E-state index contributed by atoms with van der Waals surface area (Å²) >= 11 is 0. The summed E-state index contributed by atoms with van der Waals surface area (Å²) in [6.07, 6.45) is 4.31. The lowest BCUT2D eigenvalue weighted by Gasteiger charge is -2.01. The van der Waals surface area contributed by atoms with Crippen molar-refractivity contribution in [1.29, 1.82) is 0 Å². The van der Waals surface area contributed by atoms with E-state index in [1.165, 1.54) is 12.1 Å². The number of ether oxygens (including phenoxy) is 1. The van der Waals surface area contributed by atoms with Gasteiger partial charge in [-0.05, 0) is 25.1 Å². The third-order valence-corrected chi connectivity index (χ3v) is 2.23. The van der Waals surface area contributed by atoms with Crippen molar-refractivity contribution in [2.24, 2.45) is 0 Å². The van der Waals surface area contributed by atoms with Crippen LogP contribution in [0.3, 0.4) is 0 Å². The van der Waals surface area contributed by atoms with E-state index < -0.39 is 11.6 Å². The van der Waals surface area contributed by atoms with Crippen LogP contribution in [0.2, 0.25) is 0 Å². The van der Waals surface area contributed by atoms with Gasteiger partial charge in [0.1, 0.15) is 11.6 Å². The maximum absolute atomic E-state index is 13.2. The maximum atomic E-state index is 13.2. The van der Waals surface area contributed by atoms with Crippen LogP contribution in [-0.4, -0.2) is 26.8 Å². The molecule has 94 valence electrons. The van der Waals surface area contributed by atoms with Gasteiger partial charge in [0.2, 0.25) is 0 Å². The molecule has 0 atom stereocenters. The van der Waals surface area contributed by atoms with E-state index in [4.69, 9.17) is 4.74 Å². The molecule has 0 fully saturated rings. The van der Waals surface area contributed by atoms with E-state index in [-0.39, 0.29) is 0 Å². The summed E-state index contributed by atoms with van der Waals surface area (Å²) in [5, 5.41) is 3.17. The van der Waals surface area contributed by atoms with Crippen molar-refractivity contribution < 1.29 is 13.5 Å². The third kappa shape index (κ3) is 5.56. The van der Waals surface area contributed by atoms with Crippen LogP contribution in [0.1, 0.15) is 12.0 Å². The van der Waals surface area contributed by atoms with Gasteiger partial charge in [-0.2, -0.15) is 0 Å². The Labute approximate surface area is 100 Å². The van der Waals surface area contributed by atoms with Crippen LogP contribution in [0.4, 0.5) is 8.78 Å². The molecule has 0 spiro atoms. The van der Waals surface area contributed by atoms with Crippen molar-refractivity contribution in [2.45, 2.75) is 6.42 Å². The van der Waals surface area contributed by atoms with Gasteiger partial charge in [0.05, 0.1) is 6.61 Å². The van der Waals surface area contributed by atoms with Gasteiger partial charge in [0.25, 0.3) is 0 Å². The highest BCUT2D eigenvalue weighted by Gasteiger charge is 1.99. The fourth-order valence-electron chi connectivity index (χ4n) is 1.33. The zero-order valence-electron chi connectivity index (χ0n) is 9.88. The van der Waals surface area contributed by atoms with Gasteiger partial charge < -0.3 is 10.1 Å². The molecule has 1 aromatic carbocycles. The smallest absolute Gasteiger partial charge is 0.133 e. The molecule has 0 unspecified atom stereocenters. The maximum Gasteiger partial charge on any atom is 0.133 e. The first-order valence-electron chi connectivity index (χ1n) is 5.55. The number of hydrogen-bond donors (Lipinski definition) is 1. The molecule has 1 rings (SSSR count). The number of hydrogen-bond acceptors (Lipinski definition) is 2. The minimum Gasteiger partial charge on any atom is -0.383 e. The first kappa shape index (κ1) is 13.8. The Hall–Kier alpha value is -1.26. The van der Waals surface area contributed by atoms with E-state index in [9.17, 15) is 8.78 Å². The van der Waals surface area contributed by atoms with Gasteiger partial charge in [0.15, 0.2) is 0 Å². The molecule has 0 radical (unpaired) electrons. The average molecular weight is 241 g/mol. The summed E-state index contributed by atoms with van der Waals surface area (Å²) in [4.78, 5) is 0.